The van der Waals surface area contributed by atoms with Crippen LogP contribution in [-0.4, -0.2) is 29.7 Å². The molecule has 0 saturated carbocycles. The van der Waals surface area contributed by atoms with Gasteiger partial charge in [-0.05, 0) is 7.05 Å². The molecule has 0 aliphatic carbocycles. The number of halogens is 1. The molecule has 1 amide bonds. The van der Waals surface area contributed by atoms with Gasteiger partial charge >= 0.3 is 0 Å². The van der Waals surface area contributed by atoms with Crippen LogP contribution in [-0.2, 0) is 10.2 Å². The highest BCUT2D eigenvalue weighted by atomic mass is 35.5. The van der Waals surface area contributed by atoms with E-state index in [1.807, 2.05) is 7.05 Å². The maximum Gasteiger partial charge on any atom is 0.227 e. The van der Waals surface area contributed by atoms with Gasteiger partial charge in [0.05, 0.1) is 0 Å². The van der Waals surface area contributed by atoms with Gasteiger partial charge in [-0.2, -0.15) is 0 Å². The summed E-state index contributed by atoms with van der Waals surface area (Å²) in [6, 6.07) is 0. The lowest BCUT2D eigenvalue weighted by molar-refractivity contribution is -0.116. The fourth-order valence-electron chi connectivity index (χ4n) is 0.997. The highest BCUT2D eigenvalue weighted by Crippen LogP contribution is 2.27. The standard InChI is InChI=1S/C10H18N4OS.ClH/c1-10(2,3)8-13-14-9(16-8)12-7(15)5-6-11-4;/h11H,5-6H2,1-4H3,(H,12,14,15);1H. The first kappa shape index (κ1) is 16.3. The lowest BCUT2D eigenvalue weighted by atomic mass is 9.98. The molecule has 1 aromatic rings. The van der Waals surface area contributed by atoms with Gasteiger partial charge in [0.25, 0.3) is 0 Å². The minimum Gasteiger partial charge on any atom is -0.319 e. The van der Waals surface area contributed by atoms with E-state index in [0.29, 0.717) is 18.1 Å². The Labute approximate surface area is 112 Å². The van der Waals surface area contributed by atoms with Crippen LogP contribution in [0.1, 0.15) is 32.2 Å². The third-order valence-corrected chi connectivity index (χ3v) is 3.18. The molecule has 17 heavy (non-hydrogen) atoms. The van der Waals surface area contributed by atoms with E-state index in [1.54, 1.807) is 0 Å². The van der Waals surface area contributed by atoms with Gasteiger partial charge in [0.2, 0.25) is 11.0 Å². The Morgan fingerprint density at radius 3 is 2.47 bits per heavy atom. The van der Waals surface area contributed by atoms with Crippen molar-refractivity contribution >= 4 is 34.8 Å². The Kier molecular flexibility index (Phi) is 6.59. The summed E-state index contributed by atoms with van der Waals surface area (Å²) >= 11 is 1.43. The van der Waals surface area contributed by atoms with E-state index >= 15 is 0 Å². The van der Waals surface area contributed by atoms with Gasteiger partial charge in [0, 0.05) is 18.4 Å². The fraction of sp³-hybridized carbons (Fsp3) is 0.700. The molecule has 0 unspecified atom stereocenters. The van der Waals surface area contributed by atoms with Gasteiger partial charge < -0.3 is 10.6 Å². The number of hydrogen-bond acceptors (Lipinski definition) is 5. The molecule has 7 heteroatoms. The predicted octanol–water partition coefficient (Wildman–Crippen LogP) is 1.81. The molecule has 0 atom stereocenters. The minimum atomic E-state index is -0.0361. The molecule has 0 aliphatic rings. The van der Waals surface area contributed by atoms with Gasteiger partial charge in [-0.25, -0.2) is 0 Å². The molecular formula is C10H19ClN4OS. The molecule has 1 rings (SSSR count). The molecule has 1 heterocycles. The number of carbonyl (C=O) groups excluding carboxylic acids is 1. The van der Waals surface area contributed by atoms with E-state index in [0.717, 1.165) is 5.01 Å². The van der Waals surface area contributed by atoms with Crippen molar-refractivity contribution in [1.29, 1.82) is 0 Å². The molecule has 0 bridgehead atoms. The second-order valence-electron chi connectivity index (χ2n) is 4.56. The summed E-state index contributed by atoms with van der Waals surface area (Å²) in [6.45, 7) is 6.87. The van der Waals surface area contributed by atoms with E-state index in [2.05, 4.69) is 41.6 Å². The van der Waals surface area contributed by atoms with E-state index in [9.17, 15) is 4.79 Å². The van der Waals surface area contributed by atoms with Crippen molar-refractivity contribution in [2.45, 2.75) is 32.6 Å². The quantitative estimate of drug-likeness (QED) is 0.881. The Morgan fingerprint density at radius 2 is 2.00 bits per heavy atom. The van der Waals surface area contributed by atoms with Crippen LogP contribution in [0.15, 0.2) is 0 Å². The van der Waals surface area contributed by atoms with Gasteiger partial charge in [-0.3, -0.25) is 4.79 Å². The average Bonchev–Trinajstić information content (AvgIpc) is 2.62. The number of nitrogens with one attached hydrogen (secondary N) is 2. The molecule has 0 radical (unpaired) electrons. The van der Waals surface area contributed by atoms with Crippen LogP contribution >= 0.6 is 23.7 Å². The zero-order valence-corrected chi connectivity index (χ0v) is 12.2. The Hall–Kier alpha value is -0.720. The first-order chi connectivity index (χ1) is 7.43. The van der Waals surface area contributed by atoms with E-state index in [4.69, 9.17) is 0 Å². The minimum absolute atomic E-state index is 0. The van der Waals surface area contributed by atoms with Gasteiger partial charge in [-0.1, -0.05) is 32.1 Å². The van der Waals surface area contributed by atoms with Crippen LogP contribution in [0.5, 0.6) is 0 Å². The second kappa shape index (κ2) is 6.88. The van der Waals surface area contributed by atoms with Crippen LogP contribution < -0.4 is 10.6 Å². The number of amides is 1. The summed E-state index contributed by atoms with van der Waals surface area (Å²) in [5, 5.41) is 15.2. The molecule has 5 nitrogen and oxygen atoms in total. The summed E-state index contributed by atoms with van der Waals surface area (Å²) in [7, 11) is 1.82. The first-order valence-electron chi connectivity index (χ1n) is 5.22. The molecular weight excluding hydrogens is 260 g/mol. The van der Waals surface area contributed by atoms with E-state index in [1.165, 1.54) is 11.3 Å². The number of anilines is 1. The van der Waals surface area contributed by atoms with E-state index < -0.39 is 0 Å². The summed E-state index contributed by atoms with van der Waals surface area (Å²) in [5.74, 6) is -0.0361. The Balaban J connectivity index is 0.00000256. The lowest BCUT2D eigenvalue weighted by Crippen LogP contribution is -2.18. The summed E-state index contributed by atoms with van der Waals surface area (Å²) in [5.41, 5.74) is -0.0222. The number of rotatable bonds is 4. The fourth-order valence-corrected chi connectivity index (χ4v) is 1.81. The van der Waals surface area contributed by atoms with Crippen molar-refractivity contribution in [2.24, 2.45) is 0 Å². The zero-order valence-electron chi connectivity index (χ0n) is 10.5. The van der Waals surface area contributed by atoms with Crippen LogP contribution in [0.4, 0.5) is 5.13 Å². The molecule has 98 valence electrons. The van der Waals surface area contributed by atoms with Crippen LogP contribution in [0.3, 0.4) is 0 Å². The van der Waals surface area contributed by atoms with Crippen molar-refractivity contribution in [3.05, 3.63) is 5.01 Å². The molecule has 0 saturated heterocycles. The lowest BCUT2D eigenvalue weighted by Gasteiger charge is -2.12. The topological polar surface area (TPSA) is 66.9 Å². The number of aromatic nitrogens is 2. The normalized spacial score (nSPS) is 10.8. The maximum atomic E-state index is 11.4. The van der Waals surface area contributed by atoms with Crippen molar-refractivity contribution < 1.29 is 4.79 Å². The molecule has 0 fully saturated rings. The van der Waals surface area contributed by atoms with Gasteiger partial charge in [0.1, 0.15) is 5.01 Å². The van der Waals surface area contributed by atoms with Gasteiger partial charge in [-0.15, -0.1) is 22.6 Å². The highest BCUT2D eigenvalue weighted by molar-refractivity contribution is 7.15. The maximum absolute atomic E-state index is 11.4. The third-order valence-electron chi connectivity index (χ3n) is 1.92. The van der Waals surface area contributed by atoms with Crippen LogP contribution in [0, 0.1) is 0 Å². The molecule has 2 N–H and O–H groups in total. The van der Waals surface area contributed by atoms with Gasteiger partial charge in [0.15, 0.2) is 0 Å². The molecule has 0 spiro atoms. The second-order valence-corrected chi connectivity index (χ2v) is 5.54. The zero-order chi connectivity index (χ0) is 12.2. The monoisotopic (exact) mass is 278 g/mol. The Morgan fingerprint density at radius 1 is 1.35 bits per heavy atom. The third kappa shape index (κ3) is 5.43. The first-order valence-corrected chi connectivity index (χ1v) is 6.03. The average molecular weight is 279 g/mol. The number of carbonyl (C=O) groups is 1. The highest BCUT2D eigenvalue weighted by Gasteiger charge is 2.19. The number of hydrogen-bond donors (Lipinski definition) is 2. The number of nitrogens with zero attached hydrogens (tertiary/aromatic N) is 2. The van der Waals surface area contributed by atoms with Crippen molar-refractivity contribution in [3.8, 4) is 0 Å². The van der Waals surface area contributed by atoms with Crippen molar-refractivity contribution in [2.75, 3.05) is 18.9 Å². The van der Waals surface area contributed by atoms with Crippen molar-refractivity contribution in [3.63, 3.8) is 0 Å². The SMILES string of the molecule is CNCCC(=O)Nc1nnc(C(C)(C)C)s1.Cl. The molecule has 1 aromatic heterocycles. The van der Waals surface area contributed by atoms with Crippen LogP contribution in [0.25, 0.3) is 0 Å². The molecule has 0 aliphatic heterocycles. The smallest absolute Gasteiger partial charge is 0.227 e. The predicted molar refractivity (Wildman–Crippen MR) is 73.0 cm³/mol. The molecule has 0 aromatic carbocycles. The summed E-state index contributed by atoms with van der Waals surface area (Å²) < 4.78 is 0. The van der Waals surface area contributed by atoms with E-state index in [-0.39, 0.29) is 23.7 Å². The Bertz CT molecular complexity index is 361. The summed E-state index contributed by atoms with van der Waals surface area (Å²) in [6.07, 6.45) is 0.445. The summed E-state index contributed by atoms with van der Waals surface area (Å²) in [4.78, 5) is 11.4. The largest absolute Gasteiger partial charge is 0.319 e. The van der Waals surface area contributed by atoms with Crippen molar-refractivity contribution in [1.82, 2.24) is 15.5 Å². The van der Waals surface area contributed by atoms with Crippen LogP contribution in [0.2, 0.25) is 0 Å².